The van der Waals surface area contributed by atoms with Crippen LogP contribution in [0.5, 0.6) is 0 Å². The Kier molecular flexibility index (Phi) is 5.02. The molecule has 0 radical (unpaired) electrons. The summed E-state index contributed by atoms with van der Waals surface area (Å²) < 4.78 is 5.42. The molecule has 1 aromatic carbocycles. The summed E-state index contributed by atoms with van der Waals surface area (Å²) in [5.41, 5.74) is 1.18. The van der Waals surface area contributed by atoms with Gasteiger partial charge in [-0.05, 0) is 30.5 Å². The van der Waals surface area contributed by atoms with E-state index in [1.165, 1.54) is 0 Å². The molecule has 106 valence electrons. The van der Waals surface area contributed by atoms with E-state index in [0.717, 1.165) is 6.42 Å². The fourth-order valence-corrected chi connectivity index (χ4v) is 2.24. The summed E-state index contributed by atoms with van der Waals surface area (Å²) in [6.45, 7) is 2.38. The lowest BCUT2D eigenvalue weighted by Gasteiger charge is -2.15. The minimum Gasteiger partial charge on any atom is -0.384 e. The number of hydrogen-bond acceptors (Lipinski definition) is 3. The maximum absolute atomic E-state index is 12.1. The van der Waals surface area contributed by atoms with Crippen LogP contribution in [0.15, 0.2) is 18.2 Å². The first-order valence-electron chi connectivity index (χ1n) is 6.43. The SMILES string of the molecule is CC1CCOC1C(=O)Nc1cc(C#CCO)ccc1Cl. The summed E-state index contributed by atoms with van der Waals surface area (Å²) in [6, 6.07) is 5.08. The number of aliphatic hydroxyl groups is 1. The second-order valence-corrected chi connectivity index (χ2v) is 5.11. The third-order valence-corrected chi connectivity index (χ3v) is 3.51. The first kappa shape index (κ1) is 14.9. The fraction of sp³-hybridized carbons (Fsp3) is 0.400. The number of anilines is 1. The van der Waals surface area contributed by atoms with E-state index >= 15 is 0 Å². The number of nitrogens with one attached hydrogen (secondary N) is 1. The molecule has 20 heavy (non-hydrogen) atoms. The summed E-state index contributed by atoms with van der Waals surface area (Å²) in [7, 11) is 0. The van der Waals surface area contributed by atoms with Crippen molar-refractivity contribution in [2.45, 2.75) is 19.4 Å². The highest BCUT2D eigenvalue weighted by Gasteiger charge is 2.31. The number of hydrogen-bond donors (Lipinski definition) is 2. The predicted octanol–water partition coefficient (Wildman–Crippen LogP) is 2.05. The highest BCUT2D eigenvalue weighted by Crippen LogP contribution is 2.26. The van der Waals surface area contributed by atoms with Gasteiger partial charge in [-0.25, -0.2) is 0 Å². The molecule has 2 rings (SSSR count). The maximum Gasteiger partial charge on any atom is 0.253 e. The van der Waals surface area contributed by atoms with Gasteiger partial charge in [0.25, 0.3) is 5.91 Å². The molecule has 0 spiro atoms. The minimum absolute atomic E-state index is 0.191. The van der Waals surface area contributed by atoms with Gasteiger partial charge in [0.2, 0.25) is 0 Å². The minimum atomic E-state index is -0.432. The Morgan fingerprint density at radius 1 is 1.60 bits per heavy atom. The molecule has 1 saturated heterocycles. The first-order valence-corrected chi connectivity index (χ1v) is 6.81. The van der Waals surface area contributed by atoms with Gasteiger partial charge in [0.15, 0.2) is 0 Å². The molecule has 1 heterocycles. The molecule has 4 nitrogen and oxygen atoms in total. The summed E-state index contributed by atoms with van der Waals surface area (Å²) in [6.07, 6.45) is 0.451. The van der Waals surface area contributed by atoms with Crippen molar-refractivity contribution < 1.29 is 14.6 Å². The van der Waals surface area contributed by atoms with Crippen LogP contribution in [-0.2, 0) is 9.53 Å². The Hall–Kier alpha value is -1.54. The quantitative estimate of drug-likeness (QED) is 0.821. The lowest BCUT2D eigenvalue weighted by molar-refractivity contribution is -0.126. The molecular weight excluding hydrogens is 278 g/mol. The molecule has 1 aliphatic rings. The lowest BCUT2D eigenvalue weighted by Crippen LogP contribution is -2.31. The molecule has 0 bridgehead atoms. The topological polar surface area (TPSA) is 58.6 Å². The molecule has 1 aliphatic heterocycles. The lowest BCUT2D eigenvalue weighted by atomic mass is 10.0. The zero-order valence-electron chi connectivity index (χ0n) is 11.1. The van der Waals surface area contributed by atoms with Crippen LogP contribution < -0.4 is 5.32 Å². The van der Waals surface area contributed by atoms with E-state index in [1.807, 2.05) is 6.92 Å². The molecule has 2 unspecified atom stereocenters. The molecule has 1 fully saturated rings. The number of carbonyl (C=O) groups excluding carboxylic acids is 1. The summed E-state index contributed by atoms with van der Waals surface area (Å²) >= 11 is 6.06. The van der Waals surface area contributed by atoms with E-state index in [-0.39, 0.29) is 18.4 Å². The van der Waals surface area contributed by atoms with E-state index in [1.54, 1.807) is 18.2 Å². The molecule has 0 saturated carbocycles. The number of benzene rings is 1. The van der Waals surface area contributed by atoms with Crippen LogP contribution in [0, 0.1) is 17.8 Å². The van der Waals surface area contributed by atoms with Crippen molar-refractivity contribution in [2.75, 3.05) is 18.5 Å². The largest absolute Gasteiger partial charge is 0.384 e. The van der Waals surface area contributed by atoms with Crippen LogP contribution in [0.25, 0.3) is 0 Å². The standard InChI is InChI=1S/C15H16ClNO3/c1-10-6-8-20-14(10)15(19)17-13-9-11(3-2-7-18)4-5-12(13)16/h4-5,9-10,14,18H,6-8H2,1H3,(H,17,19). The van der Waals surface area contributed by atoms with Crippen LogP contribution in [-0.4, -0.2) is 30.3 Å². The van der Waals surface area contributed by atoms with Crippen molar-refractivity contribution in [3.05, 3.63) is 28.8 Å². The number of carbonyl (C=O) groups is 1. The van der Waals surface area contributed by atoms with Crippen molar-refractivity contribution in [1.29, 1.82) is 0 Å². The molecular formula is C15H16ClNO3. The number of ether oxygens (including phenoxy) is 1. The van der Waals surface area contributed by atoms with Crippen LogP contribution in [0.4, 0.5) is 5.69 Å². The van der Waals surface area contributed by atoms with Crippen molar-refractivity contribution in [1.82, 2.24) is 0 Å². The zero-order valence-corrected chi connectivity index (χ0v) is 11.9. The van der Waals surface area contributed by atoms with Crippen LogP contribution in [0.3, 0.4) is 0 Å². The summed E-state index contributed by atoms with van der Waals surface area (Å²) in [5.74, 6) is 5.33. The van der Waals surface area contributed by atoms with E-state index in [4.69, 9.17) is 21.4 Å². The Morgan fingerprint density at radius 2 is 2.40 bits per heavy atom. The van der Waals surface area contributed by atoms with E-state index in [9.17, 15) is 4.79 Å². The normalized spacial score (nSPS) is 21.1. The smallest absolute Gasteiger partial charge is 0.253 e. The Balaban J connectivity index is 2.13. The van der Waals surface area contributed by atoms with Crippen LogP contribution in [0.2, 0.25) is 5.02 Å². The van der Waals surface area contributed by atoms with Crippen molar-refractivity contribution in [3.8, 4) is 11.8 Å². The molecule has 2 atom stereocenters. The van der Waals surface area contributed by atoms with Crippen molar-refractivity contribution >= 4 is 23.2 Å². The third kappa shape index (κ3) is 3.51. The zero-order chi connectivity index (χ0) is 14.5. The Labute approximate surface area is 123 Å². The molecule has 0 aliphatic carbocycles. The van der Waals surface area contributed by atoms with Gasteiger partial charge >= 0.3 is 0 Å². The summed E-state index contributed by atoms with van der Waals surface area (Å²) in [4.78, 5) is 12.1. The number of rotatable bonds is 2. The molecule has 1 amide bonds. The van der Waals surface area contributed by atoms with Gasteiger partial charge < -0.3 is 15.2 Å². The highest BCUT2D eigenvalue weighted by atomic mass is 35.5. The monoisotopic (exact) mass is 293 g/mol. The second-order valence-electron chi connectivity index (χ2n) is 4.70. The molecule has 2 N–H and O–H groups in total. The van der Waals surface area contributed by atoms with E-state index in [0.29, 0.717) is 22.9 Å². The first-order chi connectivity index (χ1) is 9.61. The van der Waals surface area contributed by atoms with Gasteiger partial charge in [-0.1, -0.05) is 30.4 Å². The van der Waals surface area contributed by atoms with E-state index < -0.39 is 6.10 Å². The van der Waals surface area contributed by atoms with Gasteiger partial charge in [-0.15, -0.1) is 0 Å². The molecule has 1 aromatic rings. The van der Waals surface area contributed by atoms with Gasteiger partial charge in [0.05, 0.1) is 10.7 Å². The fourth-order valence-electron chi connectivity index (χ4n) is 2.07. The van der Waals surface area contributed by atoms with Crippen LogP contribution >= 0.6 is 11.6 Å². The Bertz CT molecular complexity index is 562. The number of aliphatic hydroxyl groups excluding tert-OH is 1. The molecule has 0 aromatic heterocycles. The van der Waals surface area contributed by atoms with Gasteiger partial charge in [-0.2, -0.15) is 0 Å². The van der Waals surface area contributed by atoms with Gasteiger partial charge in [0, 0.05) is 12.2 Å². The third-order valence-electron chi connectivity index (χ3n) is 3.18. The number of amides is 1. The second kappa shape index (κ2) is 6.76. The van der Waals surface area contributed by atoms with Crippen molar-refractivity contribution in [2.24, 2.45) is 5.92 Å². The maximum atomic E-state index is 12.1. The average molecular weight is 294 g/mol. The predicted molar refractivity (Wildman–Crippen MR) is 77.6 cm³/mol. The van der Waals surface area contributed by atoms with Crippen LogP contribution in [0.1, 0.15) is 18.9 Å². The van der Waals surface area contributed by atoms with Gasteiger partial charge in [0.1, 0.15) is 12.7 Å². The summed E-state index contributed by atoms with van der Waals surface area (Å²) in [5, 5.41) is 11.9. The van der Waals surface area contributed by atoms with E-state index in [2.05, 4.69) is 17.2 Å². The van der Waals surface area contributed by atoms with Crippen molar-refractivity contribution in [3.63, 3.8) is 0 Å². The average Bonchev–Trinajstić information content (AvgIpc) is 2.86. The highest BCUT2D eigenvalue weighted by molar-refractivity contribution is 6.33. The number of halogens is 1. The Morgan fingerprint density at radius 3 is 3.05 bits per heavy atom. The van der Waals surface area contributed by atoms with Gasteiger partial charge in [-0.3, -0.25) is 4.79 Å². The molecule has 5 heteroatoms.